The molecule has 0 aliphatic carbocycles. The first-order chi connectivity index (χ1) is 13.6. The Hall–Kier alpha value is -2.79. The van der Waals surface area contributed by atoms with Gasteiger partial charge in [-0.1, -0.05) is 38.1 Å². The lowest BCUT2D eigenvalue weighted by molar-refractivity contribution is -0.921. The zero-order valence-electron chi connectivity index (χ0n) is 16.6. The van der Waals surface area contributed by atoms with Gasteiger partial charge in [0.1, 0.15) is 13.1 Å². The van der Waals surface area contributed by atoms with Crippen molar-refractivity contribution in [1.82, 2.24) is 5.32 Å². The predicted octanol–water partition coefficient (Wildman–Crippen LogP) is 2.94. The molecule has 0 spiro atoms. The van der Waals surface area contributed by atoms with Crippen molar-refractivity contribution < 1.29 is 18.5 Å². The first-order valence-corrected chi connectivity index (χ1v) is 9.84. The summed E-state index contributed by atoms with van der Waals surface area (Å²) in [6, 6.07) is 16.2. The molecule has 148 valence electrons. The van der Waals surface area contributed by atoms with Gasteiger partial charge in [-0.3, -0.25) is 4.79 Å². The van der Waals surface area contributed by atoms with Crippen LogP contribution < -0.4 is 10.2 Å². The molecule has 0 unspecified atom stereocenters. The quantitative estimate of drug-likeness (QED) is 0.568. The van der Waals surface area contributed by atoms with Crippen LogP contribution in [0.5, 0.6) is 0 Å². The van der Waals surface area contributed by atoms with Crippen LogP contribution >= 0.6 is 0 Å². The standard InChI is InChI=1S/C23H28N2O3/c1-18(2)20-9-7-19(8-10-20)11-12-24-23(26)17-25(15-21-5-3-13-27-21)16-22-6-4-14-28-22/h3-10,13-14,18H,11-12,15-17H2,1-2H3,(H,24,26)/p+1. The topological polar surface area (TPSA) is 59.8 Å². The molecular formula is C23H29N2O3+. The number of nitrogens with one attached hydrogen (secondary N) is 2. The van der Waals surface area contributed by atoms with Crippen LogP contribution in [0.3, 0.4) is 0 Å². The molecule has 0 aliphatic rings. The van der Waals surface area contributed by atoms with Crippen molar-refractivity contribution in [2.45, 2.75) is 39.3 Å². The van der Waals surface area contributed by atoms with Crippen molar-refractivity contribution >= 4 is 5.91 Å². The lowest BCUT2D eigenvalue weighted by atomic mass is 10.0. The van der Waals surface area contributed by atoms with Gasteiger partial charge in [0.05, 0.1) is 12.5 Å². The summed E-state index contributed by atoms with van der Waals surface area (Å²) in [6.45, 7) is 6.65. The van der Waals surface area contributed by atoms with Gasteiger partial charge >= 0.3 is 0 Å². The fourth-order valence-corrected chi connectivity index (χ4v) is 3.21. The molecular weight excluding hydrogens is 352 g/mol. The van der Waals surface area contributed by atoms with E-state index in [2.05, 4.69) is 43.4 Å². The van der Waals surface area contributed by atoms with Gasteiger partial charge in [0.15, 0.2) is 18.1 Å². The molecule has 5 heteroatoms. The number of hydrogen-bond acceptors (Lipinski definition) is 3. The molecule has 2 aromatic heterocycles. The highest BCUT2D eigenvalue weighted by Crippen LogP contribution is 2.14. The highest BCUT2D eigenvalue weighted by atomic mass is 16.3. The van der Waals surface area contributed by atoms with Crippen molar-refractivity contribution in [3.63, 3.8) is 0 Å². The third kappa shape index (κ3) is 6.13. The molecule has 5 nitrogen and oxygen atoms in total. The number of quaternary nitrogens is 1. The fraction of sp³-hybridized carbons (Fsp3) is 0.348. The highest BCUT2D eigenvalue weighted by molar-refractivity contribution is 5.76. The van der Waals surface area contributed by atoms with Crippen LogP contribution in [0, 0.1) is 0 Å². The minimum Gasteiger partial charge on any atom is -0.463 e. The maximum atomic E-state index is 12.5. The highest BCUT2D eigenvalue weighted by Gasteiger charge is 2.18. The first-order valence-electron chi connectivity index (χ1n) is 9.84. The number of carbonyl (C=O) groups excluding carboxylic acids is 1. The van der Waals surface area contributed by atoms with E-state index in [-0.39, 0.29) is 5.91 Å². The van der Waals surface area contributed by atoms with E-state index in [4.69, 9.17) is 8.83 Å². The van der Waals surface area contributed by atoms with Crippen molar-refractivity contribution in [3.05, 3.63) is 83.7 Å². The summed E-state index contributed by atoms with van der Waals surface area (Å²) < 4.78 is 10.9. The molecule has 2 heterocycles. The molecule has 0 radical (unpaired) electrons. The van der Waals surface area contributed by atoms with Crippen LogP contribution in [0.4, 0.5) is 0 Å². The molecule has 1 amide bonds. The van der Waals surface area contributed by atoms with Gasteiger partial charge in [-0.05, 0) is 47.7 Å². The van der Waals surface area contributed by atoms with Gasteiger partial charge < -0.3 is 19.1 Å². The minimum absolute atomic E-state index is 0.0342. The van der Waals surface area contributed by atoms with Crippen molar-refractivity contribution in [2.24, 2.45) is 0 Å². The van der Waals surface area contributed by atoms with E-state index in [0.717, 1.165) is 22.8 Å². The second-order valence-corrected chi connectivity index (χ2v) is 7.44. The SMILES string of the molecule is CC(C)c1ccc(CCNC(=O)C[NH+](Cc2ccco2)Cc2ccco2)cc1. The van der Waals surface area contributed by atoms with Gasteiger partial charge in [0.25, 0.3) is 5.91 Å². The summed E-state index contributed by atoms with van der Waals surface area (Å²) in [6.07, 6.45) is 4.14. The van der Waals surface area contributed by atoms with Crippen molar-refractivity contribution in [3.8, 4) is 0 Å². The van der Waals surface area contributed by atoms with E-state index in [1.54, 1.807) is 12.5 Å². The van der Waals surface area contributed by atoms with Crippen LogP contribution in [0.15, 0.2) is 69.9 Å². The summed E-state index contributed by atoms with van der Waals surface area (Å²) in [5.41, 5.74) is 2.57. The molecule has 1 aromatic carbocycles. The third-order valence-electron chi connectivity index (χ3n) is 4.80. The molecule has 0 saturated carbocycles. The fourth-order valence-electron chi connectivity index (χ4n) is 3.21. The second kappa shape index (κ2) is 9.95. The van der Waals surface area contributed by atoms with Crippen LogP contribution in [0.2, 0.25) is 0 Å². The van der Waals surface area contributed by atoms with Gasteiger partial charge in [0, 0.05) is 6.54 Å². The Labute approximate surface area is 166 Å². The summed E-state index contributed by atoms with van der Waals surface area (Å²) >= 11 is 0. The average Bonchev–Trinajstić information content (AvgIpc) is 3.36. The Bertz CT molecular complexity index is 785. The van der Waals surface area contributed by atoms with Crippen molar-refractivity contribution in [2.75, 3.05) is 13.1 Å². The maximum Gasteiger partial charge on any atom is 0.275 e. The lowest BCUT2D eigenvalue weighted by Crippen LogP contribution is -3.10. The zero-order chi connectivity index (χ0) is 19.8. The molecule has 28 heavy (non-hydrogen) atoms. The molecule has 2 N–H and O–H groups in total. The number of carbonyl (C=O) groups is 1. The molecule has 0 atom stereocenters. The van der Waals surface area contributed by atoms with Crippen LogP contribution in [0.1, 0.15) is 42.4 Å². The van der Waals surface area contributed by atoms with E-state index in [1.165, 1.54) is 11.1 Å². The number of rotatable bonds is 10. The van der Waals surface area contributed by atoms with Crippen LogP contribution in [-0.4, -0.2) is 19.0 Å². The van der Waals surface area contributed by atoms with Gasteiger partial charge in [-0.2, -0.15) is 0 Å². The Morgan fingerprint density at radius 2 is 1.57 bits per heavy atom. The number of benzene rings is 1. The molecule has 0 saturated heterocycles. The smallest absolute Gasteiger partial charge is 0.275 e. The predicted molar refractivity (Wildman–Crippen MR) is 108 cm³/mol. The largest absolute Gasteiger partial charge is 0.463 e. The Balaban J connectivity index is 1.48. The Morgan fingerprint density at radius 1 is 0.964 bits per heavy atom. The van der Waals surface area contributed by atoms with E-state index >= 15 is 0 Å². The van der Waals surface area contributed by atoms with Gasteiger partial charge in [0.2, 0.25) is 0 Å². The van der Waals surface area contributed by atoms with Gasteiger partial charge in [-0.25, -0.2) is 0 Å². The van der Waals surface area contributed by atoms with E-state index < -0.39 is 0 Å². The van der Waals surface area contributed by atoms with E-state index in [9.17, 15) is 4.79 Å². The Kier molecular flexibility index (Phi) is 7.09. The van der Waals surface area contributed by atoms with Crippen molar-refractivity contribution in [1.29, 1.82) is 0 Å². The third-order valence-corrected chi connectivity index (χ3v) is 4.80. The number of amides is 1. The van der Waals surface area contributed by atoms with E-state index in [1.807, 2.05) is 24.3 Å². The molecule has 0 fully saturated rings. The summed E-state index contributed by atoms with van der Waals surface area (Å²) in [4.78, 5) is 13.5. The second-order valence-electron chi connectivity index (χ2n) is 7.44. The van der Waals surface area contributed by atoms with Gasteiger partial charge in [-0.15, -0.1) is 0 Å². The molecule has 0 bridgehead atoms. The average molecular weight is 381 g/mol. The summed E-state index contributed by atoms with van der Waals surface area (Å²) in [5.74, 6) is 2.29. The summed E-state index contributed by atoms with van der Waals surface area (Å²) in [7, 11) is 0. The maximum absolute atomic E-state index is 12.5. The molecule has 3 rings (SSSR count). The Morgan fingerprint density at radius 3 is 2.07 bits per heavy atom. The molecule has 0 aliphatic heterocycles. The lowest BCUT2D eigenvalue weighted by Gasteiger charge is -2.17. The number of hydrogen-bond donors (Lipinski definition) is 2. The minimum atomic E-state index is 0.0342. The number of furan rings is 2. The molecule has 3 aromatic rings. The first kappa shape index (κ1) is 20.0. The zero-order valence-corrected chi connectivity index (χ0v) is 16.6. The normalized spacial score (nSPS) is 11.3. The monoisotopic (exact) mass is 381 g/mol. The van der Waals surface area contributed by atoms with Crippen LogP contribution in [-0.2, 0) is 24.3 Å². The van der Waals surface area contributed by atoms with E-state index in [0.29, 0.717) is 32.1 Å². The summed E-state index contributed by atoms with van der Waals surface area (Å²) in [5, 5.41) is 3.04. The van der Waals surface area contributed by atoms with Crippen LogP contribution in [0.25, 0.3) is 0 Å².